The lowest BCUT2D eigenvalue weighted by Crippen LogP contribution is -2.20. The summed E-state index contributed by atoms with van der Waals surface area (Å²) in [4.78, 5) is 10.5. The Labute approximate surface area is 78.8 Å². The summed E-state index contributed by atoms with van der Waals surface area (Å²) < 4.78 is 0. The number of aryl methyl sites for hydroxylation is 1. The largest absolute Gasteiger partial charge is 0.383 e. The Bertz CT molecular complexity index is 309. The minimum absolute atomic E-state index is 0.572. The maximum atomic E-state index is 5.74. The molecule has 0 amide bonds. The van der Waals surface area contributed by atoms with E-state index in [1.54, 1.807) is 0 Å². The van der Waals surface area contributed by atoms with Crippen molar-refractivity contribution in [2.24, 2.45) is 0 Å². The first-order chi connectivity index (χ1) is 6.06. The molecular formula is C9H16N4. The number of anilines is 2. The first-order valence-corrected chi connectivity index (χ1v) is 4.38. The molecule has 0 unspecified atom stereocenters. The fourth-order valence-corrected chi connectivity index (χ4v) is 1.16. The van der Waals surface area contributed by atoms with Crippen molar-refractivity contribution >= 4 is 11.6 Å². The van der Waals surface area contributed by atoms with Gasteiger partial charge in [0.2, 0.25) is 0 Å². The van der Waals surface area contributed by atoms with Crippen LogP contribution in [0.25, 0.3) is 0 Å². The molecule has 4 heteroatoms. The van der Waals surface area contributed by atoms with Crippen molar-refractivity contribution in [2.75, 3.05) is 24.2 Å². The minimum Gasteiger partial charge on any atom is -0.383 e. The van der Waals surface area contributed by atoms with Gasteiger partial charge in [-0.2, -0.15) is 0 Å². The van der Waals surface area contributed by atoms with Crippen molar-refractivity contribution in [2.45, 2.75) is 20.8 Å². The summed E-state index contributed by atoms with van der Waals surface area (Å²) in [5.41, 5.74) is 6.69. The van der Waals surface area contributed by atoms with Gasteiger partial charge in [0.05, 0.1) is 0 Å². The molecule has 0 aliphatic rings. The first kappa shape index (κ1) is 9.77. The molecule has 0 radical (unpaired) electrons. The monoisotopic (exact) mass is 180 g/mol. The second kappa shape index (κ2) is 3.60. The standard InChI is InChI=1S/C9H16N4/c1-5-13(4)9-6(2)8(10)11-7(3)12-9/h5H2,1-4H3,(H2,10,11,12). The normalized spacial score (nSPS) is 10.2. The van der Waals surface area contributed by atoms with Gasteiger partial charge in [0, 0.05) is 19.2 Å². The van der Waals surface area contributed by atoms with E-state index in [0.717, 1.165) is 23.8 Å². The van der Waals surface area contributed by atoms with E-state index in [2.05, 4.69) is 21.8 Å². The number of nitrogens with zero attached hydrogens (tertiary/aromatic N) is 3. The summed E-state index contributed by atoms with van der Waals surface area (Å²) in [6.45, 7) is 6.78. The summed E-state index contributed by atoms with van der Waals surface area (Å²) >= 11 is 0. The van der Waals surface area contributed by atoms with E-state index in [0.29, 0.717) is 5.82 Å². The van der Waals surface area contributed by atoms with Gasteiger partial charge < -0.3 is 10.6 Å². The second-order valence-corrected chi connectivity index (χ2v) is 3.12. The highest BCUT2D eigenvalue weighted by Gasteiger charge is 2.08. The van der Waals surface area contributed by atoms with Crippen molar-refractivity contribution in [3.8, 4) is 0 Å². The average Bonchev–Trinajstić information content (AvgIpc) is 2.10. The van der Waals surface area contributed by atoms with Crippen LogP contribution < -0.4 is 10.6 Å². The molecule has 0 saturated heterocycles. The molecule has 0 atom stereocenters. The third-order valence-corrected chi connectivity index (χ3v) is 2.11. The van der Waals surface area contributed by atoms with Crippen LogP contribution in [0.3, 0.4) is 0 Å². The van der Waals surface area contributed by atoms with Crippen LogP contribution in [0, 0.1) is 13.8 Å². The fourth-order valence-electron chi connectivity index (χ4n) is 1.16. The number of hydrogen-bond donors (Lipinski definition) is 1. The van der Waals surface area contributed by atoms with E-state index in [-0.39, 0.29) is 0 Å². The lowest BCUT2D eigenvalue weighted by Gasteiger charge is -2.18. The Balaban J connectivity index is 3.20. The minimum atomic E-state index is 0.572. The molecule has 0 saturated carbocycles. The van der Waals surface area contributed by atoms with Gasteiger partial charge in [-0.25, -0.2) is 9.97 Å². The highest BCUT2D eigenvalue weighted by molar-refractivity contribution is 5.55. The van der Waals surface area contributed by atoms with Crippen LogP contribution >= 0.6 is 0 Å². The van der Waals surface area contributed by atoms with Crippen LogP contribution in [-0.2, 0) is 0 Å². The summed E-state index contributed by atoms with van der Waals surface area (Å²) in [7, 11) is 1.99. The van der Waals surface area contributed by atoms with E-state index >= 15 is 0 Å². The maximum absolute atomic E-state index is 5.74. The SMILES string of the molecule is CCN(C)c1nc(C)nc(N)c1C. The van der Waals surface area contributed by atoms with Crippen molar-refractivity contribution in [3.63, 3.8) is 0 Å². The predicted molar refractivity (Wildman–Crippen MR) is 54.9 cm³/mol. The molecule has 1 heterocycles. The van der Waals surface area contributed by atoms with Crippen LogP contribution in [0.1, 0.15) is 18.3 Å². The summed E-state index contributed by atoms with van der Waals surface area (Å²) in [5.74, 6) is 2.22. The predicted octanol–water partition coefficient (Wildman–Crippen LogP) is 1.13. The van der Waals surface area contributed by atoms with Crippen LogP contribution in [0.15, 0.2) is 0 Å². The lowest BCUT2D eigenvalue weighted by molar-refractivity contribution is 0.903. The quantitative estimate of drug-likeness (QED) is 0.741. The van der Waals surface area contributed by atoms with Crippen molar-refractivity contribution in [1.82, 2.24) is 9.97 Å². The van der Waals surface area contributed by atoms with E-state index < -0.39 is 0 Å². The third-order valence-electron chi connectivity index (χ3n) is 2.11. The molecule has 4 nitrogen and oxygen atoms in total. The van der Waals surface area contributed by atoms with E-state index in [9.17, 15) is 0 Å². The zero-order valence-electron chi connectivity index (χ0n) is 8.63. The van der Waals surface area contributed by atoms with Crippen molar-refractivity contribution in [1.29, 1.82) is 0 Å². The molecule has 13 heavy (non-hydrogen) atoms. The number of nitrogens with two attached hydrogens (primary N) is 1. The van der Waals surface area contributed by atoms with Gasteiger partial charge in [-0.1, -0.05) is 0 Å². The van der Waals surface area contributed by atoms with Gasteiger partial charge in [-0.15, -0.1) is 0 Å². The van der Waals surface area contributed by atoms with Crippen LogP contribution in [0.5, 0.6) is 0 Å². The Hall–Kier alpha value is -1.32. The summed E-state index contributed by atoms with van der Waals surface area (Å²) in [5, 5.41) is 0. The molecule has 1 rings (SSSR count). The molecule has 72 valence electrons. The van der Waals surface area contributed by atoms with Crippen molar-refractivity contribution in [3.05, 3.63) is 11.4 Å². The molecule has 0 aromatic carbocycles. The first-order valence-electron chi connectivity index (χ1n) is 4.38. The molecular weight excluding hydrogens is 164 g/mol. The molecule has 0 aliphatic carbocycles. The molecule has 1 aromatic rings. The highest BCUT2D eigenvalue weighted by Crippen LogP contribution is 2.19. The van der Waals surface area contributed by atoms with Gasteiger partial charge in [0.25, 0.3) is 0 Å². The summed E-state index contributed by atoms with van der Waals surface area (Å²) in [6, 6.07) is 0. The van der Waals surface area contributed by atoms with Gasteiger partial charge in [-0.3, -0.25) is 0 Å². The molecule has 1 aromatic heterocycles. The second-order valence-electron chi connectivity index (χ2n) is 3.12. The molecule has 0 aliphatic heterocycles. The van der Waals surface area contributed by atoms with Gasteiger partial charge in [-0.05, 0) is 20.8 Å². The van der Waals surface area contributed by atoms with Crippen LogP contribution in [-0.4, -0.2) is 23.6 Å². The number of nitrogen functional groups attached to an aromatic ring is 1. The van der Waals surface area contributed by atoms with Crippen LogP contribution in [0.2, 0.25) is 0 Å². The number of aromatic nitrogens is 2. The zero-order chi connectivity index (χ0) is 10.0. The maximum Gasteiger partial charge on any atom is 0.137 e. The molecule has 0 bridgehead atoms. The highest BCUT2D eigenvalue weighted by atomic mass is 15.2. The Morgan fingerprint density at radius 2 is 1.92 bits per heavy atom. The molecule has 0 fully saturated rings. The fraction of sp³-hybridized carbons (Fsp3) is 0.556. The van der Waals surface area contributed by atoms with Crippen molar-refractivity contribution < 1.29 is 0 Å². The van der Waals surface area contributed by atoms with Gasteiger partial charge >= 0.3 is 0 Å². The third kappa shape index (κ3) is 1.88. The summed E-state index contributed by atoms with van der Waals surface area (Å²) in [6.07, 6.45) is 0. The zero-order valence-corrected chi connectivity index (χ0v) is 8.63. The Morgan fingerprint density at radius 3 is 2.46 bits per heavy atom. The average molecular weight is 180 g/mol. The number of hydrogen-bond acceptors (Lipinski definition) is 4. The van der Waals surface area contributed by atoms with E-state index in [4.69, 9.17) is 5.73 Å². The number of rotatable bonds is 2. The van der Waals surface area contributed by atoms with Crippen LogP contribution in [0.4, 0.5) is 11.6 Å². The van der Waals surface area contributed by atoms with Gasteiger partial charge in [0.15, 0.2) is 0 Å². The smallest absolute Gasteiger partial charge is 0.137 e. The van der Waals surface area contributed by atoms with E-state index in [1.807, 2.05) is 20.9 Å². The Morgan fingerprint density at radius 1 is 1.31 bits per heavy atom. The molecule has 2 N–H and O–H groups in total. The molecule has 0 spiro atoms. The Kier molecular flexibility index (Phi) is 2.70. The lowest BCUT2D eigenvalue weighted by atomic mass is 10.3. The van der Waals surface area contributed by atoms with Gasteiger partial charge in [0.1, 0.15) is 17.5 Å². The van der Waals surface area contributed by atoms with E-state index in [1.165, 1.54) is 0 Å². The topological polar surface area (TPSA) is 55.0 Å².